The first kappa shape index (κ1) is 14.7. The van der Waals surface area contributed by atoms with Crippen LogP contribution in [0, 0.1) is 5.82 Å². The molecule has 0 radical (unpaired) electrons. The lowest BCUT2D eigenvalue weighted by Gasteiger charge is -2.06. The average Bonchev–Trinajstić information content (AvgIpc) is 2.57. The van der Waals surface area contributed by atoms with E-state index in [2.05, 4.69) is 10.3 Å². The van der Waals surface area contributed by atoms with Crippen molar-refractivity contribution >= 4 is 11.6 Å². The SMILES string of the molecule is O=C(Nc1ccc(F)cc1)c1ccc(-c2ccccc2)[nH]c1=O. The van der Waals surface area contributed by atoms with Gasteiger partial charge in [-0.05, 0) is 42.0 Å². The van der Waals surface area contributed by atoms with Gasteiger partial charge in [-0.25, -0.2) is 4.39 Å². The van der Waals surface area contributed by atoms with E-state index in [0.29, 0.717) is 11.4 Å². The summed E-state index contributed by atoms with van der Waals surface area (Å²) in [6.45, 7) is 0. The van der Waals surface area contributed by atoms with Crippen LogP contribution in [-0.4, -0.2) is 10.9 Å². The maximum Gasteiger partial charge on any atom is 0.261 e. The molecule has 23 heavy (non-hydrogen) atoms. The number of amides is 1. The average molecular weight is 308 g/mol. The van der Waals surface area contributed by atoms with Crippen LogP contribution in [0.5, 0.6) is 0 Å². The molecule has 1 heterocycles. The van der Waals surface area contributed by atoms with Gasteiger partial charge in [0.05, 0.1) is 0 Å². The van der Waals surface area contributed by atoms with Crippen molar-refractivity contribution in [2.75, 3.05) is 5.32 Å². The van der Waals surface area contributed by atoms with Gasteiger partial charge in [-0.1, -0.05) is 30.3 Å². The lowest BCUT2D eigenvalue weighted by Crippen LogP contribution is -2.23. The summed E-state index contributed by atoms with van der Waals surface area (Å²) >= 11 is 0. The number of aromatic amines is 1. The number of pyridine rings is 1. The molecule has 2 N–H and O–H groups in total. The van der Waals surface area contributed by atoms with Crippen molar-refractivity contribution in [3.63, 3.8) is 0 Å². The highest BCUT2D eigenvalue weighted by atomic mass is 19.1. The molecular weight excluding hydrogens is 295 g/mol. The predicted molar refractivity (Wildman–Crippen MR) is 86.9 cm³/mol. The van der Waals surface area contributed by atoms with Crippen LogP contribution in [0.2, 0.25) is 0 Å². The number of benzene rings is 2. The maximum absolute atomic E-state index is 12.8. The summed E-state index contributed by atoms with van der Waals surface area (Å²) in [5, 5.41) is 2.56. The number of hydrogen-bond acceptors (Lipinski definition) is 2. The molecule has 0 saturated heterocycles. The zero-order valence-electron chi connectivity index (χ0n) is 12.0. The van der Waals surface area contributed by atoms with Gasteiger partial charge >= 0.3 is 0 Å². The molecule has 0 spiro atoms. The second-order valence-electron chi connectivity index (χ2n) is 4.94. The van der Waals surface area contributed by atoms with Gasteiger partial charge in [-0.15, -0.1) is 0 Å². The number of hydrogen-bond donors (Lipinski definition) is 2. The van der Waals surface area contributed by atoms with Crippen LogP contribution in [0.1, 0.15) is 10.4 Å². The van der Waals surface area contributed by atoms with Crippen molar-refractivity contribution in [2.24, 2.45) is 0 Å². The van der Waals surface area contributed by atoms with E-state index in [4.69, 9.17) is 0 Å². The third kappa shape index (κ3) is 3.35. The van der Waals surface area contributed by atoms with Crippen LogP contribution < -0.4 is 10.9 Å². The molecule has 3 rings (SSSR count). The maximum atomic E-state index is 12.8. The van der Waals surface area contributed by atoms with Gasteiger partial charge in [0, 0.05) is 11.4 Å². The molecule has 114 valence electrons. The Morgan fingerprint density at radius 2 is 1.61 bits per heavy atom. The molecule has 4 nitrogen and oxygen atoms in total. The minimum Gasteiger partial charge on any atom is -0.322 e. The molecule has 0 atom stereocenters. The molecule has 1 aromatic heterocycles. The van der Waals surface area contributed by atoms with Crippen molar-refractivity contribution in [3.8, 4) is 11.3 Å². The first-order valence-electron chi connectivity index (χ1n) is 6.99. The summed E-state index contributed by atoms with van der Waals surface area (Å²) < 4.78 is 12.8. The molecule has 0 aliphatic rings. The molecule has 2 aromatic carbocycles. The molecule has 0 saturated carbocycles. The topological polar surface area (TPSA) is 62.0 Å². The first-order chi connectivity index (χ1) is 11.1. The Balaban J connectivity index is 1.84. The number of rotatable bonds is 3. The fourth-order valence-electron chi connectivity index (χ4n) is 2.17. The van der Waals surface area contributed by atoms with Crippen LogP contribution in [0.4, 0.5) is 10.1 Å². The van der Waals surface area contributed by atoms with E-state index in [9.17, 15) is 14.0 Å². The molecule has 5 heteroatoms. The number of carbonyl (C=O) groups is 1. The summed E-state index contributed by atoms with van der Waals surface area (Å²) in [6, 6.07) is 17.8. The van der Waals surface area contributed by atoms with Crippen LogP contribution in [0.25, 0.3) is 11.3 Å². The second kappa shape index (κ2) is 6.27. The summed E-state index contributed by atoms with van der Waals surface area (Å²) in [5.41, 5.74) is 1.42. The Labute approximate surface area is 131 Å². The van der Waals surface area contributed by atoms with E-state index < -0.39 is 17.3 Å². The zero-order valence-corrected chi connectivity index (χ0v) is 12.0. The largest absolute Gasteiger partial charge is 0.322 e. The highest BCUT2D eigenvalue weighted by Crippen LogP contribution is 2.15. The Morgan fingerprint density at radius 1 is 0.913 bits per heavy atom. The smallest absolute Gasteiger partial charge is 0.261 e. The highest BCUT2D eigenvalue weighted by molar-refractivity contribution is 6.04. The van der Waals surface area contributed by atoms with Crippen molar-refractivity contribution in [1.82, 2.24) is 4.98 Å². The number of carbonyl (C=O) groups excluding carboxylic acids is 1. The van der Waals surface area contributed by atoms with Crippen molar-refractivity contribution in [1.29, 1.82) is 0 Å². The molecule has 0 unspecified atom stereocenters. The summed E-state index contributed by atoms with van der Waals surface area (Å²) in [7, 11) is 0. The van der Waals surface area contributed by atoms with Crippen LogP contribution in [-0.2, 0) is 0 Å². The van der Waals surface area contributed by atoms with Gasteiger partial charge in [0.2, 0.25) is 0 Å². The van der Waals surface area contributed by atoms with Gasteiger partial charge in [0.15, 0.2) is 0 Å². The number of nitrogens with one attached hydrogen (secondary N) is 2. The van der Waals surface area contributed by atoms with E-state index in [1.165, 1.54) is 30.3 Å². The summed E-state index contributed by atoms with van der Waals surface area (Å²) in [4.78, 5) is 27.0. The summed E-state index contributed by atoms with van der Waals surface area (Å²) in [5.74, 6) is -0.939. The molecule has 0 aliphatic heterocycles. The molecule has 0 fully saturated rings. The fraction of sp³-hybridized carbons (Fsp3) is 0. The monoisotopic (exact) mass is 308 g/mol. The Hall–Kier alpha value is -3.21. The Morgan fingerprint density at radius 3 is 2.26 bits per heavy atom. The second-order valence-corrected chi connectivity index (χ2v) is 4.94. The van der Waals surface area contributed by atoms with Crippen molar-refractivity contribution in [3.05, 3.63) is 88.5 Å². The van der Waals surface area contributed by atoms with Crippen LogP contribution >= 0.6 is 0 Å². The number of aromatic nitrogens is 1. The normalized spacial score (nSPS) is 10.3. The van der Waals surface area contributed by atoms with E-state index in [1.807, 2.05) is 30.3 Å². The third-order valence-corrected chi connectivity index (χ3v) is 3.34. The summed E-state index contributed by atoms with van der Waals surface area (Å²) in [6.07, 6.45) is 0. The fourth-order valence-corrected chi connectivity index (χ4v) is 2.17. The standard InChI is InChI=1S/C18H13FN2O2/c19-13-6-8-14(9-7-13)20-17(22)15-10-11-16(21-18(15)23)12-4-2-1-3-5-12/h1-11H,(H,20,22)(H,21,23). The van der Waals surface area contributed by atoms with E-state index in [-0.39, 0.29) is 5.56 Å². The van der Waals surface area contributed by atoms with Gasteiger partial charge in [0.1, 0.15) is 11.4 Å². The third-order valence-electron chi connectivity index (χ3n) is 3.34. The quantitative estimate of drug-likeness (QED) is 0.778. The van der Waals surface area contributed by atoms with Gasteiger partial charge in [0.25, 0.3) is 11.5 Å². The van der Waals surface area contributed by atoms with Crippen LogP contribution in [0.3, 0.4) is 0 Å². The lowest BCUT2D eigenvalue weighted by molar-refractivity contribution is 0.102. The predicted octanol–water partition coefficient (Wildman–Crippen LogP) is 3.43. The van der Waals surface area contributed by atoms with Gasteiger partial charge < -0.3 is 10.3 Å². The van der Waals surface area contributed by atoms with Gasteiger partial charge in [-0.2, -0.15) is 0 Å². The zero-order chi connectivity index (χ0) is 16.2. The number of H-pyrrole nitrogens is 1. The number of anilines is 1. The Kier molecular flexibility index (Phi) is 4.01. The highest BCUT2D eigenvalue weighted by Gasteiger charge is 2.11. The molecule has 0 aliphatic carbocycles. The van der Waals surface area contributed by atoms with Crippen molar-refractivity contribution < 1.29 is 9.18 Å². The van der Waals surface area contributed by atoms with Crippen molar-refractivity contribution in [2.45, 2.75) is 0 Å². The molecule has 3 aromatic rings. The first-order valence-corrected chi connectivity index (χ1v) is 6.99. The molecule has 1 amide bonds. The minimum atomic E-state index is -0.544. The van der Waals surface area contributed by atoms with E-state index in [0.717, 1.165) is 5.56 Å². The lowest BCUT2D eigenvalue weighted by atomic mass is 10.1. The van der Waals surface area contributed by atoms with Crippen LogP contribution in [0.15, 0.2) is 71.5 Å². The van der Waals surface area contributed by atoms with Gasteiger partial charge in [-0.3, -0.25) is 9.59 Å². The number of halogens is 1. The van der Waals surface area contributed by atoms with E-state index in [1.54, 1.807) is 6.07 Å². The minimum absolute atomic E-state index is 0.00555. The molecule has 0 bridgehead atoms. The van der Waals surface area contributed by atoms with E-state index >= 15 is 0 Å². The Bertz CT molecular complexity index is 887. The molecular formula is C18H13FN2O2.